The zero-order chi connectivity index (χ0) is 18.3. The van der Waals surface area contributed by atoms with Gasteiger partial charge in [0.15, 0.2) is 5.96 Å². The number of hydrogen-bond donors (Lipinski definition) is 1. The van der Waals surface area contributed by atoms with E-state index in [9.17, 15) is 8.42 Å². The van der Waals surface area contributed by atoms with Crippen molar-refractivity contribution >= 4 is 16.0 Å². The van der Waals surface area contributed by atoms with Crippen LogP contribution in [0.15, 0.2) is 4.99 Å². The molecule has 7 nitrogen and oxygen atoms in total. The highest BCUT2D eigenvalue weighted by Gasteiger charge is 2.25. The van der Waals surface area contributed by atoms with Crippen LogP contribution in [0.1, 0.15) is 32.6 Å². The molecule has 1 aliphatic carbocycles. The van der Waals surface area contributed by atoms with E-state index < -0.39 is 10.0 Å². The molecule has 1 aliphatic heterocycles. The lowest BCUT2D eigenvalue weighted by Gasteiger charge is -2.30. The van der Waals surface area contributed by atoms with Crippen LogP contribution < -0.4 is 5.32 Å². The molecular formula is C17H34N4O3S. The molecule has 8 heteroatoms. The molecule has 0 spiro atoms. The molecule has 2 aliphatic rings. The molecule has 1 saturated heterocycles. The number of piperidine rings is 1. The highest BCUT2D eigenvalue weighted by Crippen LogP contribution is 2.28. The second-order valence-corrected chi connectivity index (χ2v) is 9.22. The summed E-state index contributed by atoms with van der Waals surface area (Å²) in [6.07, 6.45) is 5.68. The Morgan fingerprint density at radius 1 is 1.24 bits per heavy atom. The van der Waals surface area contributed by atoms with E-state index in [-0.39, 0.29) is 0 Å². The van der Waals surface area contributed by atoms with Gasteiger partial charge in [-0.15, -0.1) is 0 Å². The van der Waals surface area contributed by atoms with E-state index in [1.165, 1.54) is 19.1 Å². The zero-order valence-electron chi connectivity index (χ0n) is 15.9. The Labute approximate surface area is 152 Å². The largest absolute Gasteiger partial charge is 0.379 e. The molecule has 0 bridgehead atoms. The number of ether oxygens (including phenoxy) is 1. The molecule has 2 rings (SSSR count). The van der Waals surface area contributed by atoms with Gasteiger partial charge in [-0.2, -0.15) is 0 Å². The Balaban J connectivity index is 1.74. The van der Waals surface area contributed by atoms with Gasteiger partial charge in [-0.25, -0.2) is 12.7 Å². The Bertz CT molecular complexity index is 526. The van der Waals surface area contributed by atoms with E-state index >= 15 is 0 Å². The summed E-state index contributed by atoms with van der Waals surface area (Å²) in [6, 6.07) is 0. The van der Waals surface area contributed by atoms with E-state index in [0.29, 0.717) is 19.0 Å². The van der Waals surface area contributed by atoms with Gasteiger partial charge in [0, 0.05) is 46.4 Å². The van der Waals surface area contributed by atoms with Gasteiger partial charge >= 0.3 is 0 Å². The molecule has 1 N–H and O–H groups in total. The molecular weight excluding hydrogens is 340 g/mol. The van der Waals surface area contributed by atoms with Gasteiger partial charge in [0.25, 0.3) is 0 Å². The predicted molar refractivity (Wildman–Crippen MR) is 101 cm³/mol. The number of sulfonamides is 1. The van der Waals surface area contributed by atoms with Crippen LogP contribution in [0.2, 0.25) is 0 Å². The molecule has 2 fully saturated rings. The van der Waals surface area contributed by atoms with E-state index in [4.69, 9.17) is 9.73 Å². The number of nitrogens with zero attached hydrogens (tertiary/aromatic N) is 3. The minimum absolute atomic E-state index is 0.450. The van der Waals surface area contributed by atoms with Gasteiger partial charge in [-0.3, -0.25) is 4.99 Å². The minimum atomic E-state index is -3.05. The average molecular weight is 375 g/mol. The lowest BCUT2D eigenvalue weighted by molar-refractivity contribution is 0.115. The third-order valence-corrected chi connectivity index (χ3v) is 6.16. The Kier molecular flexibility index (Phi) is 7.96. The van der Waals surface area contributed by atoms with Crippen LogP contribution >= 0.6 is 0 Å². The summed E-state index contributed by atoms with van der Waals surface area (Å²) in [5.41, 5.74) is 0. The summed E-state index contributed by atoms with van der Waals surface area (Å²) < 4.78 is 30.4. The third kappa shape index (κ3) is 7.50. The van der Waals surface area contributed by atoms with E-state index in [0.717, 1.165) is 57.6 Å². The van der Waals surface area contributed by atoms with Crippen LogP contribution in [0.5, 0.6) is 0 Å². The summed E-state index contributed by atoms with van der Waals surface area (Å²) in [4.78, 5) is 6.87. The number of likely N-dealkylation sites (N-methyl/N-ethyl adjacent to an activating group) is 1. The maximum absolute atomic E-state index is 11.6. The fourth-order valence-corrected chi connectivity index (χ4v) is 3.82. The summed E-state index contributed by atoms with van der Waals surface area (Å²) in [7, 11) is -1.02. The highest BCUT2D eigenvalue weighted by atomic mass is 32.2. The topological polar surface area (TPSA) is 74.2 Å². The first kappa shape index (κ1) is 20.5. The third-order valence-electron chi connectivity index (χ3n) is 4.86. The lowest BCUT2D eigenvalue weighted by Crippen LogP contribution is -2.41. The van der Waals surface area contributed by atoms with Crippen molar-refractivity contribution in [2.24, 2.45) is 16.8 Å². The van der Waals surface area contributed by atoms with Crippen LogP contribution in [0.4, 0.5) is 0 Å². The van der Waals surface area contributed by atoms with Crippen molar-refractivity contribution in [3.05, 3.63) is 0 Å². The first-order valence-corrected chi connectivity index (χ1v) is 11.3. The molecule has 146 valence electrons. The first-order chi connectivity index (χ1) is 11.9. The van der Waals surface area contributed by atoms with Crippen molar-refractivity contribution in [3.63, 3.8) is 0 Å². The van der Waals surface area contributed by atoms with Crippen molar-refractivity contribution in [2.45, 2.75) is 32.6 Å². The Morgan fingerprint density at radius 2 is 1.92 bits per heavy atom. The zero-order valence-corrected chi connectivity index (χ0v) is 16.7. The minimum Gasteiger partial charge on any atom is -0.379 e. The number of nitrogens with one attached hydrogen (secondary N) is 1. The Morgan fingerprint density at radius 3 is 2.48 bits per heavy atom. The van der Waals surface area contributed by atoms with Crippen LogP contribution in [0, 0.1) is 11.8 Å². The first-order valence-electron chi connectivity index (χ1n) is 9.42. The lowest BCUT2D eigenvalue weighted by atomic mass is 9.98. The van der Waals surface area contributed by atoms with E-state index in [1.807, 2.05) is 7.05 Å². The van der Waals surface area contributed by atoms with E-state index in [1.54, 1.807) is 4.31 Å². The fraction of sp³-hybridized carbons (Fsp3) is 0.941. The monoisotopic (exact) mass is 374 g/mol. The van der Waals surface area contributed by atoms with E-state index in [2.05, 4.69) is 17.1 Å². The molecule has 25 heavy (non-hydrogen) atoms. The van der Waals surface area contributed by atoms with Gasteiger partial charge in [0.05, 0.1) is 12.9 Å². The summed E-state index contributed by atoms with van der Waals surface area (Å²) >= 11 is 0. The van der Waals surface area contributed by atoms with Crippen molar-refractivity contribution in [1.29, 1.82) is 0 Å². The average Bonchev–Trinajstić information content (AvgIpc) is 3.39. The molecule has 0 aromatic rings. The maximum atomic E-state index is 11.6. The summed E-state index contributed by atoms with van der Waals surface area (Å²) in [5.74, 6) is 2.15. The van der Waals surface area contributed by atoms with Gasteiger partial charge in [-0.1, -0.05) is 0 Å². The maximum Gasteiger partial charge on any atom is 0.211 e. The molecule has 1 saturated carbocycles. The van der Waals surface area contributed by atoms with Gasteiger partial charge in [-0.05, 0) is 44.4 Å². The van der Waals surface area contributed by atoms with Crippen LogP contribution in [-0.4, -0.2) is 82.8 Å². The number of aliphatic imine (C=N–C) groups is 1. The van der Waals surface area contributed by atoms with Crippen LogP contribution in [0.3, 0.4) is 0 Å². The second kappa shape index (κ2) is 9.73. The molecule has 0 atom stereocenters. The van der Waals surface area contributed by atoms with Crippen molar-refractivity contribution in [1.82, 2.24) is 14.5 Å². The molecule has 0 radical (unpaired) electrons. The SMILES string of the molecule is CCNC(=NCC1CCN(S(C)(=O)=O)CC1)N(C)CCOCC1CC1. The number of hydrogen-bond acceptors (Lipinski definition) is 4. The highest BCUT2D eigenvalue weighted by molar-refractivity contribution is 7.88. The molecule has 0 aromatic heterocycles. The van der Waals surface area contributed by atoms with Gasteiger partial charge < -0.3 is 15.0 Å². The molecule has 0 amide bonds. The van der Waals surface area contributed by atoms with Gasteiger partial charge in [0.2, 0.25) is 10.0 Å². The summed E-state index contributed by atoms with van der Waals surface area (Å²) in [5, 5.41) is 3.33. The standard InChI is InChI=1S/C17H34N4O3S/c1-4-18-17(20(2)11-12-24-14-16-5-6-16)19-13-15-7-9-21(10-8-15)25(3,22)23/h15-16H,4-14H2,1-3H3,(H,18,19). The molecule has 0 unspecified atom stereocenters. The normalized spacial score (nSPS) is 20.7. The molecule has 1 heterocycles. The van der Waals surface area contributed by atoms with Crippen molar-refractivity contribution in [2.75, 3.05) is 59.2 Å². The van der Waals surface area contributed by atoms with Crippen molar-refractivity contribution in [3.8, 4) is 0 Å². The second-order valence-electron chi connectivity index (χ2n) is 7.24. The van der Waals surface area contributed by atoms with Crippen molar-refractivity contribution < 1.29 is 13.2 Å². The van der Waals surface area contributed by atoms with Crippen LogP contribution in [0.25, 0.3) is 0 Å². The summed E-state index contributed by atoms with van der Waals surface area (Å²) in [6.45, 7) is 7.31. The quantitative estimate of drug-likeness (QED) is 0.370. The predicted octanol–water partition coefficient (Wildman–Crippen LogP) is 0.982. The smallest absolute Gasteiger partial charge is 0.211 e. The van der Waals surface area contributed by atoms with Gasteiger partial charge in [0.1, 0.15) is 0 Å². The Hall–Kier alpha value is -0.860. The van der Waals surface area contributed by atoms with Crippen LogP contribution in [-0.2, 0) is 14.8 Å². The number of rotatable bonds is 9. The fourth-order valence-electron chi connectivity index (χ4n) is 2.95. The molecule has 0 aromatic carbocycles. The number of guanidine groups is 1.